The Labute approximate surface area is 113 Å². The van der Waals surface area contributed by atoms with E-state index in [1.807, 2.05) is 7.05 Å². The summed E-state index contributed by atoms with van der Waals surface area (Å²) in [5, 5.41) is 8.84. The monoisotopic (exact) mass is 267 g/mol. The van der Waals surface area contributed by atoms with Gasteiger partial charge >= 0.3 is 5.97 Å². The fourth-order valence-corrected chi connectivity index (χ4v) is 2.16. The van der Waals surface area contributed by atoms with Crippen molar-refractivity contribution in [1.29, 1.82) is 0 Å². The van der Waals surface area contributed by atoms with Crippen LogP contribution in [0.25, 0.3) is 0 Å². The van der Waals surface area contributed by atoms with Gasteiger partial charge in [0.25, 0.3) is 0 Å². The molecule has 0 aromatic heterocycles. The predicted molar refractivity (Wildman–Crippen MR) is 76.2 cm³/mol. The minimum absolute atomic E-state index is 0.311. The van der Waals surface area contributed by atoms with Crippen molar-refractivity contribution in [3.63, 3.8) is 0 Å². The average molecular weight is 267 g/mol. The molecule has 0 spiro atoms. The summed E-state index contributed by atoms with van der Waals surface area (Å²) in [7, 11) is 1.97. The molecule has 0 aliphatic rings. The number of aliphatic carboxylic acids is 1. The minimum Gasteiger partial charge on any atom is -0.481 e. The smallest absolute Gasteiger partial charge is 0.307 e. The zero-order valence-electron chi connectivity index (χ0n) is 11.2. The summed E-state index contributed by atoms with van der Waals surface area (Å²) in [4.78, 5) is 14.1. The minimum atomic E-state index is -0.730. The van der Waals surface area contributed by atoms with Gasteiger partial charge in [-0.2, -0.15) is 0 Å². The van der Waals surface area contributed by atoms with Gasteiger partial charge in [-0.15, -0.1) is 11.8 Å². The highest BCUT2D eigenvalue weighted by atomic mass is 32.2. The molecule has 0 aliphatic heterocycles. The van der Waals surface area contributed by atoms with E-state index in [2.05, 4.69) is 35.4 Å². The van der Waals surface area contributed by atoms with Crippen LogP contribution in [-0.2, 0) is 11.2 Å². The molecule has 4 heteroatoms. The molecule has 3 nitrogen and oxygen atoms in total. The molecule has 1 aromatic rings. The van der Waals surface area contributed by atoms with Crippen LogP contribution < -0.4 is 0 Å². The normalized spacial score (nSPS) is 12.7. The van der Waals surface area contributed by atoms with E-state index in [0.29, 0.717) is 6.54 Å². The number of rotatable bonds is 7. The Bertz CT molecular complexity index is 378. The topological polar surface area (TPSA) is 40.5 Å². The van der Waals surface area contributed by atoms with Crippen LogP contribution in [0, 0.1) is 5.92 Å². The average Bonchev–Trinajstić information content (AvgIpc) is 2.36. The molecule has 1 rings (SSSR count). The first-order valence-electron chi connectivity index (χ1n) is 6.07. The SMILES string of the molecule is CSc1ccc(CCN(C)CC(C)C(=O)O)cc1. The van der Waals surface area contributed by atoms with Gasteiger partial charge in [-0.1, -0.05) is 19.1 Å². The van der Waals surface area contributed by atoms with Crippen LogP contribution in [-0.4, -0.2) is 42.4 Å². The largest absolute Gasteiger partial charge is 0.481 e. The summed E-state index contributed by atoms with van der Waals surface area (Å²) in [5.41, 5.74) is 1.29. The number of benzene rings is 1. The third-order valence-electron chi connectivity index (χ3n) is 2.95. The number of carboxylic acids is 1. The van der Waals surface area contributed by atoms with E-state index < -0.39 is 5.97 Å². The molecule has 1 aromatic carbocycles. The van der Waals surface area contributed by atoms with Crippen LogP contribution in [0.5, 0.6) is 0 Å². The van der Waals surface area contributed by atoms with Gasteiger partial charge in [0.1, 0.15) is 0 Å². The number of thioether (sulfide) groups is 1. The first kappa shape index (κ1) is 15.1. The summed E-state index contributed by atoms with van der Waals surface area (Å²) >= 11 is 1.74. The quantitative estimate of drug-likeness (QED) is 0.771. The number of nitrogens with zero attached hydrogens (tertiary/aromatic N) is 1. The maximum atomic E-state index is 10.8. The molecule has 1 unspecified atom stereocenters. The molecule has 1 atom stereocenters. The maximum absolute atomic E-state index is 10.8. The molecule has 100 valence electrons. The Balaban J connectivity index is 2.37. The summed E-state index contributed by atoms with van der Waals surface area (Å²) in [6.07, 6.45) is 3.02. The molecule has 0 heterocycles. The van der Waals surface area contributed by atoms with Crippen molar-refractivity contribution in [3.05, 3.63) is 29.8 Å². The van der Waals surface area contributed by atoms with E-state index in [1.165, 1.54) is 10.5 Å². The highest BCUT2D eigenvalue weighted by Crippen LogP contribution is 2.15. The zero-order valence-corrected chi connectivity index (χ0v) is 12.0. The van der Waals surface area contributed by atoms with Crippen LogP contribution in [0.3, 0.4) is 0 Å². The Kier molecular flexibility index (Phi) is 6.22. The van der Waals surface area contributed by atoms with Crippen LogP contribution in [0.4, 0.5) is 0 Å². The Morgan fingerprint density at radius 2 is 2.00 bits per heavy atom. The molecule has 0 amide bonds. The van der Waals surface area contributed by atoms with Crippen molar-refractivity contribution in [2.75, 3.05) is 26.4 Å². The summed E-state index contributed by atoms with van der Waals surface area (Å²) in [6.45, 7) is 3.22. The Morgan fingerprint density at radius 1 is 1.39 bits per heavy atom. The van der Waals surface area contributed by atoms with E-state index in [1.54, 1.807) is 18.7 Å². The number of carboxylic acid groups (broad SMARTS) is 1. The van der Waals surface area contributed by atoms with Crippen molar-refractivity contribution in [2.24, 2.45) is 5.92 Å². The fraction of sp³-hybridized carbons (Fsp3) is 0.500. The van der Waals surface area contributed by atoms with Gasteiger partial charge in [0.15, 0.2) is 0 Å². The number of hydrogen-bond acceptors (Lipinski definition) is 3. The fourth-order valence-electron chi connectivity index (χ4n) is 1.75. The van der Waals surface area contributed by atoms with Crippen LogP contribution in [0.2, 0.25) is 0 Å². The van der Waals surface area contributed by atoms with E-state index in [-0.39, 0.29) is 5.92 Å². The molecule has 0 bridgehead atoms. The molecule has 0 fully saturated rings. The van der Waals surface area contributed by atoms with Crippen LogP contribution >= 0.6 is 11.8 Å². The Morgan fingerprint density at radius 3 is 2.50 bits per heavy atom. The van der Waals surface area contributed by atoms with E-state index in [0.717, 1.165) is 13.0 Å². The second kappa shape index (κ2) is 7.44. The molecule has 0 radical (unpaired) electrons. The predicted octanol–water partition coefficient (Wildman–Crippen LogP) is 2.60. The standard InChI is InChI=1S/C14H21NO2S/c1-11(14(16)17)10-15(2)9-8-12-4-6-13(18-3)7-5-12/h4-7,11H,8-10H2,1-3H3,(H,16,17). The van der Waals surface area contributed by atoms with Crippen molar-refractivity contribution >= 4 is 17.7 Å². The zero-order chi connectivity index (χ0) is 13.5. The first-order valence-corrected chi connectivity index (χ1v) is 7.29. The first-order chi connectivity index (χ1) is 8.52. The van der Waals surface area contributed by atoms with Crippen molar-refractivity contribution in [1.82, 2.24) is 4.90 Å². The van der Waals surface area contributed by atoms with Gasteiger partial charge < -0.3 is 10.0 Å². The van der Waals surface area contributed by atoms with Crippen LogP contribution in [0.1, 0.15) is 12.5 Å². The van der Waals surface area contributed by atoms with Gasteiger partial charge in [0.05, 0.1) is 5.92 Å². The van der Waals surface area contributed by atoms with E-state index >= 15 is 0 Å². The van der Waals surface area contributed by atoms with Gasteiger partial charge in [-0.25, -0.2) is 0 Å². The lowest BCUT2D eigenvalue weighted by atomic mass is 10.1. The maximum Gasteiger partial charge on any atom is 0.307 e. The Hall–Kier alpha value is -1.00. The molecule has 1 N–H and O–H groups in total. The molecular formula is C14H21NO2S. The molecule has 18 heavy (non-hydrogen) atoms. The van der Waals surface area contributed by atoms with Crippen LogP contribution in [0.15, 0.2) is 29.2 Å². The highest BCUT2D eigenvalue weighted by molar-refractivity contribution is 7.98. The van der Waals surface area contributed by atoms with Gasteiger partial charge in [-0.3, -0.25) is 4.79 Å². The summed E-state index contributed by atoms with van der Waals surface area (Å²) in [5.74, 6) is -1.04. The third kappa shape index (κ3) is 5.10. The van der Waals surface area contributed by atoms with Gasteiger partial charge in [0.2, 0.25) is 0 Å². The molecular weight excluding hydrogens is 246 g/mol. The van der Waals surface area contributed by atoms with E-state index in [9.17, 15) is 4.79 Å². The van der Waals surface area contributed by atoms with Crippen molar-refractivity contribution < 1.29 is 9.90 Å². The van der Waals surface area contributed by atoms with E-state index in [4.69, 9.17) is 5.11 Å². The van der Waals surface area contributed by atoms with Gasteiger partial charge in [-0.05, 0) is 37.4 Å². The lowest BCUT2D eigenvalue weighted by Crippen LogP contribution is -2.30. The molecule has 0 saturated carbocycles. The number of hydrogen-bond donors (Lipinski definition) is 1. The molecule has 0 aliphatic carbocycles. The highest BCUT2D eigenvalue weighted by Gasteiger charge is 2.13. The molecule has 0 saturated heterocycles. The summed E-state index contributed by atoms with van der Waals surface area (Å²) in [6, 6.07) is 8.53. The lowest BCUT2D eigenvalue weighted by Gasteiger charge is -2.18. The van der Waals surface area contributed by atoms with Crippen molar-refractivity contribution in [3.8, 4) is 0 Å². The second-order valence-electron chi connectivity index (χ2n) is 4.60. The number of carbonyl (C=O) groups is 1. The summed E-state index contributed by atoms with van der Waals surface area (Å²) < 4.78 is 0. The van der Waals surface area contributed by atoms with Crippen molar-refractivity contribution in [2.45, 2.75) is 18.2 Å². The second-order valence-corrected chi connectivity index (χ2v) is 5.48. The third-order valence-corrected chi connectivity index (χ3v) is 3.69. The number of likely N-dealkylation sites (N-methyl/N-ethyl adjacent to an activating group) is 1. The lowest BCUT2D eigenvalue weighted by molar-refractivity contribution is -0.141. The van der Waals surface area contributed by atoms with Gasteiger partial charge in [0, 0.05) is 18.0 Å².